The van der Waals surface area contributed by atoms with Crippen LogP contribution in [0.15, 0.2) is 71.5 Å². The molecule has 3 aromatic carbocycles. The minimum atomic E-state index is -1.60. The van der Waals surface area contributed by atoms with Crippen molar-refractivity contribution in [2.75, 3.05) is 38.4 Å². The number of aromatic nitrogens is 2. The predicted molar refractivity (Wildman–Crippen MR) is 275 cm³/mol. The molecule has 0 radical (unpaired) electrons. The number of esters is 1. The third-order valence-corrected chi connectivity index (χ3v) is 13.5. The Morgan fingerprint density at radius 3 is 2.29 bits per heavy atom. The molecule has 4 aliphatic rings. The van der Waals surface area contributed by atoms with Gasteiger partial charge in [-0.25, -0.2) is 19.1 Å². The highest BCUT2D eigenvalue weighted by molar-refractivity contribution is 7.82. The van der Waals surface area contributed by atoms with Crippen LogP contribution in [0.25, 0.3) is 22.3 Å². The summed E-state index contributed by atoms with van der Waals surface area (Å²) < 4.78 is 39.0. The number of ether oxygens (including phenoxy) is 2. The summed E-state index contributed by atoms with van der Waals surface area (Å²) in [7, 11) is 1.40. The maximum atomic E-state index is 14.6. The summed E-state index contributed by atoms with van der Waals surface area (Å²) in [5, 5.41) is 12.4. The molecule has 1 fully saturated rings. The molecular formula is C53H56F2N8O12S. The molecule has 5 N–H and O–H groups in total. The third kappa shape index (κ3) is 12.0. The number of imide groups is 1. The topological polar surface area (TPSA) is 263 Å². The van der Waals surface area contributed by atoms with E-state index in [0.717, 1.165) is 45.4 Å². The van der Waals surface area contributed by atoms with Gasteiger partial charge in [-0.2, -0.15) is 17.6 Å². The Morgan fingerprint density at radius 1 is 0.882 bits per heavy atom. The number of amides is 7. The van der Waals surface area contributed by atoms with Crippen LogP contribution >= 0.6 is 12.6 Å². The molecule has 9 rings (SSSR count). The second kappa shape index (κ2) is 24.6. The van der Waals surface area contributed by atoms with Crippen molar-refractivity contribution >= 4 is 76.5 Å². The van der Waals surface area contributed by atoms with Gasteiger partial charge in [0.05, 0.1) is 59.6 Å². The van der Waals surface area contributed by atoms with Crippen LogP contribution in [0.1, 0.15) is 94.9 Å². The lowest BCUT2D eigenvalue weighted by Crippen LogP contribution is -2.52. The number of benzene rings is 3. The lowest BCUT2D eigenvalue weighted by Gasteiger charge is -2.26. The van der Waals surface area contributed by atoms with Gasteiger partial charge in [0.15, 0.2) is 0 Å². The highest BCUT2D eigenvalue weighted by Gasteiger charge is 2.39. The van der Waals surface area contributed by atoms with E-state index < -0.39 is 77.8 Å². The van der Waals surface area contributed by atoms with Gasteiger partial charge >= 0.3 is 5.97 Å². The van der Waals surface area contributed by atoms with Crippen LogP contribution in [0.2, 0.25) is 0 Å². The van der Waals surface area contributed by atoms with E-state index in [-0.39, 0.29) is 72.4 Å². The first-order valence-corrected chi connectivity index (χ1v) is 24.9. The summed E-state index contributed by atoms with van der Waals surface area (Å²) in [4.78, 5) is 121. The Labute approximate surface area is 439 Å². The van der Waals surface area contributed by atoms with Crippen molar-refractivity contribution in [3.8, 4) is 11.4 Å². The number of thiol groups is 1. The van der Waals surface area contributed by atoms with Gasteiger partial charge in [0, 0.05) is 48.1 Å². The molecule has 1 aliphatic carbocycles. The molecule has 20 nitrogen and oxygen atoms in total. The number of cyclic esters (lactones) is 1. The number of carbonyl (C=O) groups excluding carboxylic acids is 8. The minimum absolute atomic E-state index is 0.0250. The number of nitrogens with one attached hydrogen (secondary N) is 5. The van der Waals surface area contributed by atoms with E-state index in [1.165, 1.54) is 37.4 Å². The van der Waals surface area contributed by atoms with Gasteiger partial charge in [0.1, 0.15) is 25.2 Å². The number of hydrogen-bond donors (Lipinski definition) is 6. The zero-order valence-corrected chi connectivity index (χ0v) is 43.1. The van der Waals surface area contributed by atoms with Crippen molar-refractivity contribution in [1.82, 2.24) is 36.1 Å². The Hall–Kier alpha value is -7.89. The van der Waals surface area contributed by atoms with Gasteiger partial charge in [-0.1, -0.05) is 57.2 Å². The van der Waals surface area contributed by atoms with Crippen LogP contribution in [0.4, 0.5) is 14.6 Å². The minimum Gasteiger partial charge on any atom is -0.458 e. The van der Waals surface area contributed by atoms with Crippen LogP contribution in [0.5, 0.6) is 0 Å². The Kier molecular flexibility index (Phi) is 18.1. The summed E-state index contributed by atoms with van der Waals surface area (Å²) in [6.45, 7) is 6.71. The number of hydrogen-bond acceptors (Lipinski definition) is 14. The summed E-state index contributed by atoms with van der Waals surface area (Å²) >= 11 is 4.09. The van der Waals surface area contributed by atoms with Crippen molar-refractivity contribution in [1.29, 1.82) is 0 Å². The predicted octanol–water partition coefficient (Wildman–Crippen LogP) is 3.61. The highest BCUT2D eigenvalue weighted by Crippen LogP contribution is 2.46. The van der Waals surface area contributed by atoms with Crippen LogP contribution in [-0.2, 0) is 74.0 Å². The second-order valence-electron chi connectivity index (χ2n) is 17.9. The summed E-state index contributed by atoms with van der Waals surface area (Å²) in [6.07, 6.45) is 0.145. The van der Waals surface area contributed by atoms with E-state index in [2.05, 4.69) is 51.1 Å². The summed E-state index contributed by atoms with van der Waals surface area (Å²) in [5.74, 6) is -4.95. The normalized spacial score (nSPS) is 17.1. The average Bonchev–Trinajstić information content (AvgIpc) is 3.97. The molecule has 0 bridgehead atoms. The first-order valence-electron chi connectivity index (χ1n) is 24.4. The molecular weight excluding hydrogens is 1010 g/mol. The maximum absolute atomic E-state index is 14.6. The molecule has 23 heteroatoms. The van der Waals surface area contributed by atoms with Gasteiger partial charge in [-0.3, -0.25) is 38.4 Å². The summed E-state index contributed by atoms with van der Waals surface area (Å²) in [5.41, 5.74) is 6.32. The monoisotopic (exact) mass is 1070 g/mol. The fraction of sp³-hybridized carbons (Fsp3) is 0.358. The van der Waals surface area contributed by atoms with Gasteiger partial charge in [-0.05, 0) is 76.7 Å². The number of methoxy groups -OCH3 is 1. The number of carbonyl (C=O) groups is 8. The molecule has 7 amide bonds. The van der Waals surface area contributed by atoms with E-state index in [1.54, 1.807) is 47.9 Å². The van der Waals surface area contributed by atoms with Crippen molar-refractivity contribution in [2.45, 2.75) is 89.8 Å². The van der Waals surface area contributed by atoms with E-state index in [4.69, 9.17) is 14.5 Å². The quantitative estimate of drug-likeness (QED) is 0.0372. The molecule has 0 saturated carbocycles. The summed E-state index contributed by atoms with van der Waals surface area (Å²) in [6, 6.07) is 16.7. The van der Waals surface area contributed by atoms with Gasteiger partial charge in [-0.15, -0.1) is 0 Å². The lowest BCUT2D eigenvalue weighted by atomic mass is 9.79. The molecule has 76 heavy (non-hydrogen) atoms. The number of fused-ring (bicyclic) bond motifs is 5. The number of halogens is 2. The van der Waals surface area contributed by atoms with Crippen molar-refractivity contribution in [3.63, 3.8) is 0 Å². The van der Waals surface area contributed by atoms with Gasteiger partial charge in [0.25, 0.3) is 11.5 Å². The van der Waals surface area contributed by atoms with Crippen LogP contribution in [0, 0.1) is 12.7 Å². The fourth-order valence-corrected chi connectivity index (χ4v) is 9.66. The molecule has 400 valence electrons. The van der Waals surface area contributed by atoms with Crippen molar-refractivity contribution in [2.24, 2.45) is 0 Å². The third-order valence-electron chi connectivity index (χ3n) is 13.1. The largest absolute Gasteiger partial charge is 0.458 e. The Morgan fingerprint density at radius 2 is 1.59 bits per heavy atom. The molecule has 5 heterocycles. The molecule has 4 unspecified atom stereocenters. The zero-order valence-electron chi connectivity index (χ0n) is 42.2. The molecule has 0 spiro atoms. The number of anilines is 1. The molecule has 3 aliphatic heterocycles. The lowest BCUT2D eigenvalue weighted by molar-refractivity contribution is -0.210. The molecule has 2 aromatic heterocycles. The zero-order chi connectivity index (χ0) is 55.0. The van der Waals surface area contributed by atoms with Crippen LogP contribution in [-0.4, -0.2) is 102 Å². The maximum Gasteiger partial charge on any atom is 0.344 e. The molecule has 1 saturated heterocycles. The first kappa shape index (κ1) is 55.9. The van der Waals surface area contributed by atoms with E-state index >= 15 is 0 Å². The smallest absolute Gasteiger partial charge is 0.344 e. The van der Waals surface area contributed by atoms with Crippen molar-refractivity contribution < 1.29 is 61.7 Å². The van der Waals surface area contributed by atoms with Crippen LogP contribution in [0.3, 0.4) is 0 Å². The van der Waals surface area contributed by atoms with Gasteiger partial charge in [0.2, 0.25) is 41.5 Å². The Bertz CT molecular complexity index is 3190. The first-order chi connectivity index (χ1) is 36.5. The fourth-order valence-electron chi connectivity index (χ4n) is 9.39. The average molecular weight is 1070 g/mol. The number of rotatable bonds is 15. The SMILES string of the molecule is CC.COCNC(=O)CNC(=O)C(Cc1ccccc1)NC(=O)CNC(=O)CNC(=O)c1cccc(N2C(=O)CC(S)C2=O)c1.Cc1c(F)cc2nc3c(c4c2c1CCC4C)Cn1c-3cc2c(c1=O)COC(=O)C2OF. The Balaban J connectivity index is 0.000000223. The molecule has 5 aromatic rings. The number of nitrogens with zero attached hydrogens (tertiary/aromatic N) is 3. The van der Waals surface area contributed by atoms with E-state index in [1.807, 2.05) is 13.8 Å². The van der Waals surface area contributed by atoms with E-state index in [0.29, 0.717) is 29.0 Å². The van der Waals surface area contributed by atoms with E-state index in [9.17, 15) is 52.1 Å². The van der Waals surface area contributed by atoms with Crippen molar-refractivity contribution in [3.05, 3.63) is 127 Å². The second-order valence-corrected chi connectivity index (χ2v) is 18.6. The van der Waals surface area contributed by atoms with Crippen LogP contribution < -0.4 is 37.0 Å². The van der Waals surface area contributed by atoms with Gasteiger partial charge < -0.3 is 40.6 Å². The molecule has 4 atom stereocenters. The standard InChI is InChI=1S/C28H32N6O8S.C23H18F2N2O4.C2H6/c1-42-16-32-23(36)14-31-27(40)20(10-17-6-3-2-4-7-17)33-24(37)15-29-22(35)13-30-26(39)18-8-5-9-19(11-18)34-25(38)12-21(43)28(34)41;1-9-3-4-11-10(2)15(24)6-16-19(11)18(9)13-7-27-17(20(13)26-16)5-12-14(22(27)28)8-30-23(29)21(12)31-25;1-2/h2-9,11,20-21,43H,10,12-16H2,1H3,(H,29,35)(H,30,39)(H,31,40)(H,32,36)(H,33,37);5-6,9,21H,3-4,7-8H2,1-2H3;1-2H3. The highest BCUT2D eigenvalue weighted by atomic mass is 32.1. The number of pyridine rings is 2. The number of aryl methyl sites for hydroxylation is 1.